The van der Waals surface area contributed by atoms with Crippen molar-refractivity contribution in [2.75, 3.05) is 6.54 Å². The van der Waals surface area contributed by atoms with Crippen molar-refractivity contribution in [1.82, 2.24) is 5.32 Å². The van der Waals surface area contributed by atoms with Gasteiger partial charge in [-0.2, -0.15) is 0 Å². The fourth-order valence-electron chi connectivity index (χ4n) is 2.99. The molecule has 0 saturated carbocycles. The van der Waals surface area contributed by atoms with Gasteiger partial charge in [0.2, 0.25) is 0 Å². The summed E-state index contributed by atoms with van der Waals surface area (Å²) in [6, 6.07) is 11.5. The van der Waals surface area contributed by atoms with Crippen LogP contribution < -0.4 is 25.0 Å². The Hall–Kier alpha value is -1.33. The van der Waals surface area contributed by atoms with Gasteiger partial charge in [0.05, 0.1) is 6.10 Å². The van der Waals surface area contributed by atoms with E-state index in [-0.39, 0.29) is 62.3 Å². The average molecular weight is 636 g/mol. The van der Waals surface area contributed by atoms with Gasteiger partial charge in [0.1, 0.15) is 11.9 Å². The van der Waals surface area contributed by atoms with E-state index >= 15 is 0 Å². The van der Waals surface area contributed by atoms with E-state index in [4.69, 9.17) is 21.1 Å². The first-order valence-electron chi connectivity index (χ1n) is 8.82. The third-order valence-corrected chi connectivity index (χ3v) is 4.72. The van der Waals surface area contributed by atoms with Gasteiger partial charge < -0.3 is 39.7 Å². The van der Waals surface area contributed by atoms with Crippen LogP contribution in [0, 0.1) is 0 Å². The van der Waals surface area contributed by atoms with Crippen LogP contribution in [0.1, 0.15) is 24.2 Å². The smallest absolute Gasteiger partial charge is 0.542 e. The monoisotopic (exact) mass is 633 g/mol. The van der Waals surface area contributed by atoms with Crippen LogP contribution in [0.3, 0.4) is 0 Å². The number of hydrogen-bond acceptors (Lipinski definition) is 8. The van der Waals surface area contributed by atoms with Crippen molar-refractivity contribution in [3.8, 4) is 11.5 Å². The first-order valence-corrected chi connectivity index (χ1v) is 9.20. The predicted molar refractivity (Wildman–Crippen MR) is 98.0 cm³/mol. The molecule has 1 aliphatic heterocycles. The number of carboxylic acids is 2. The summed E-state index contributed by atoms with van der Waals surface area (Å²) in [5.74, 6) is -7.16. The number of halogens is 1. The normalized spacial score (nSPS) is 15.2. The quantitative estimate of drug-likeness (QED) is 0.295. The van der Waals surface area contributed by atoms with Crippen LogP contribution in [-0.4, -0.2) is 35.4 Å². The fraction of sp³-hybridized carbons (Fsp3) is 0.300. The van der Waals surface area contributed by atoms with Crippen LogP contribution in [0.2, 0.25) is 5.02 Å². The number of nitrogens with one attached hydrogen (secondary N) is 1. The Morgan fingerprint density at radius 2 is 1.74 bits per heavy atom. The molecule has 0 spiro atoms. The molecule has 1 aliphatic rings. The summed E-state index contributed by atoms with van der Waals surface area (Å²) in [5.41, 5.74) is 1.44. The molecule has 174 valence electrons. The molecule has 0 bridgehead atoms. The van der Waals surface area contributed by atoms with Crippen molar-refractivity contribution in [2.45, 2.75) is 31.3 Å². The van der Waals surface area contributed by atoms with Crippen molar-refractivity contribution in [3.63, 3.8) is 0 Å². The van der Waals surface area contributed by atoms with E-state index in [1.807, 2.05) is 6.92 Å². The van der Waals surface area contributed by atoms with Crippen LogP contribution in [-0.2, 0) is 60.8 Å². The van der Waals surface area contributed by atoms with Crippen molar-refractivity contribution >= 4 is 23.5 Å². The molecular weight excluding hydrogens is 617 g/mol. The molecule has 0 aromatic heterocycles. The molecule has 0 amide bonds. The Morgan fingerprint density at radius 1 is 1.10 bits per heavy atom. The second-order valence-electron chi connectivity index (χ2n) is 6.76. The van der Waals surface area contributed by atoms with Gasteiger partial charge in [-0.25, -0.2) is 0 Å². The van der Waals surface area contributed by atoms with E-state index in [0.717, 1.165) is 5.56 Å². The molecule has 31 heavy (non-hydrogen) atoms. The number of benzene rings is 2. The SMILES string of the molecule is C[C@H](Cc1ccc2c(c1)OC(C(=O)[O-])(C(=O)[O-])O2)NC[C@H](O)c1cccc(Cl)c1.[Ag+].[Ag+]. The Bertz CT molecular complexity index is 929. The molecule has 8 nitrogen and oxygen atoms in total. The summed E-state index contributed by atoms with van der Waals surface area (Å²) in [6.45, 7) is 2.20. The van der Waals surface area contributed by atoms with Crippen molar-refractivity contribution in [2.24, 2.45) is 0 Å². The van der Waals surface area contributed by atoms with E-state index < -0.39 is 23.8 Å². The van der Waals surface area contributed by atoms with Gasteiger partial charge in [-0.1, -0.05) is 29.8 Å². The molecule has 2 atom stereocenters. The molecular formula is C20H18Ag2ClNO7. The van der Waals surface area contributed by atoms with Gasteiger partial charge in [-0.3, -0.25) is 0 Å². The van der Waals surface area contributed by atoms with Crippen LogP contribution in [0.4, 0.5) is 0 Å². The zero-order valence-corrected chi connectivity index (χ0v) is 19.7. The molecule has 0 saturated heterocycles. The van der Waals surface area contributed by atoms with Crippen LogP contribution in [0.15, 0.2) is 42.5 Å². The second kappa shape index (κ2) is 11.5. The largest absolute Gasteiger partial charge is 1.00 e. The van der Waals surface area contributed by atoms with Crippen molar-refractivity contribution in [1.29, 1.82) is 0 Å². The molecule has 3 rings (SSSR count). The molecule has 0 aliphatic carbocycles. The molecule has 0 unspecified atom stereocenters. The van der Waals surface area contributed by atoms with E-state index in [2.05, 4.69) is 5.32 Å². The van der Waals surface area contributed by atoms with Crippen LogP contribution in [0.5, 0.6) is 11.5 Å². The van der Waals surface area contributed by atoms with E-state index in [0.29, 0.717) is 23.6 Å². The maximum absolute atomic E-state index is 11.2. The summed E-state index contributed by atoms with van der Waals surface area (Å²) >= 11 is 5.93. The van der Waals surface area contributed by atoms with Gasteiger partial charge in [-0.05, 0) is 48.7 Å². The number of aliphatic hydroxyl groups excluding tert-OH is 1. The molecule has 0 fully saturated rings. The molecule has 2 aromatic rings. The fourth-order valence-corrected chi connectivity index (χ4v) is 3.19. The molecule has 2 N–H and O–H groups in total. The van der Waals surface area contributed by atoms with E-state index in [1.165, 1.54) is 12.1 Å². The van der Waals surface area contributed by atoms with Crippen LogP contribution >= 0.6 is 11.6 Å². The molecule has 2 aromatic carbocycles. The third kappa shape index (κ3) is 6.35. The third-order valence-electron chi connectivity index (χ3n) is 4.49. The molecule has 1 heterocycles. The number of hydrogen-bond donors (Lipinski definition) is 2. The Morgan fingerprint density at radius 3 is 2.35 bits per heavy atom. The number of aliphatic hydroxyl groups is 1. The summed E-state index contributed by atoms with van der Waals surface area (Å²) in [6.07, 6.45) is -0.234. The topological polar surface area (TPSA) is 131 Å². The number of carbonyl (C=O) groups is 2. The number of carbonyl (C=O) groups excluding carboxylic acids is 2. The van der Waals surface area contributed by atoms with Gasteiger partial charge >= 0.3 is 50.5 Å². The number of rotatable bonds is 8. The van der Waals surface area contributed by atoms with Crippen LogP contribution in [0.25, 0.3) is 0 Å². The minimum absolute atomic E-state index is 0. The maximum Gasteiger partial charge on any atom is 1.00 e. The second-order valence-corrected chi connectivity index (χ2v) is 7.20. The Kier molecular flexibility index (Phi) is 10.3. The number of carboxylic acid groups (broad SMARTS) is 2. The molecule has 0 radical (unpaired) electrons. The van der Waals surface area contributed by atoms with Gasteiger partial charge in [-0.15, -0.1) is 0 Å². The maximum atomic E-state index is 11.2. The van der Waals surface area contributed by atoms with E-state index in [9.17, 15) is 24.9 Å². The van der Waals surface area contributed by atoms with Crippen molar-refractivity contribution in [3.05, 3.63) is 58.6 Å². The van der Waals surface area contributed by atoms with Gasteiger partial charge in [0.15, 0.2) is 11.5 Å². The first kappa shape index (κ1) is 27.7. The standard InChI is InChI=1S/C20H20ClNO7.2Ag/c1-11(22-10-15(23)13-3-2-4-14(21)9-13)7-12-5-6-16-17(8-12)29-20(28-16,18(24)25)19(26)27;;/h2-6,8-9,11,15,22-23H,7,10H2,1H3,(H,24,25)(H,26,27);;/q;2*+1/p-2/t11-,15+;;/m1../s1. The summed E-state index contributed by atoms with van der Waals surface area (Å²) in [5, 5.41) is 36.3. The first-order chi connectivity index (χ1) is 13.7. The number of aliphatic carboxylic acids is 2. The Balaban J connectivity index is 0.00000240. The Labute approximate surface area is 214 Å². The average Bonchev–Trinajstić information content (AvgIpc) is 3.06. The van der Waals surface area contributed by atoms with Gasteiger partial charge in [0.25, 0.3) is 0 Å². The summed E-state index contributed by atoms with van der Waals surface area (Å²) in [7, 11) is 0. The van der Waals surface area contributed by atoms with Gasteiger partial charge in [0, 0.05) is 17.6 Å². The predicted octanol–water partition coefficient (Wildman–Crippen LogP) is -0.443. The summed E-state index contributed by atoms with van der Waals surface area (Å²) < 4.78 is 9.90. The molecule has 11 heteroatoms. The number of ether oxygens (including phenoxy) is 2. The van der Waals surface area contributed by atoms with Crippen molar-refractivity contribution < 1.29 is 79.1 Å². The van der Waals surface area contributed by atoms with E-state index in [1.54, 1.807) is 30.3 Å². The summed E-state index contributed by atoms with van der Waals surface area (Å²) in [4.78, 5) is 22.3. The zero-order valence-electron chi connectivity index (χ0n) is 16.0. The minimum Gasteiger partial charge on any atom is -0.542 e. The zero-order chi connectivity index (χ0) is 21.2. The minimum atomic E-state index is -2.99. The number of fused-ring (bicyclic) bond motifs is 1.